The van der Waals surface area contributed by atoms with E-state index in [0.29, 0.717) is 6.42 Å². The summed E-state index contributed by atoms with van der Waals surface area (Å²) in [7, 11) is 0. The molecule has 86 valence electrons. The molecule has 2 rings (SSSR count). The maximum absolute atomic E-state index is 11.5. The van der Waals surface area contributed by atoms with Crippen molar-refractivity contribution in [2.75, 3.05) is 0 Å². The Hall–Kier alpha value is -2.16. The predicted octanol–water partition coefficient (Wildman–Crippen LogP) is 2.37. The topological polar surface area (TPSA) is 39.2 Å². The lowest BCUT2D eigenvalue weighted by molar-refractivity contribution is -0.144. The van der Waals surface area contributed by atoms with E-state index < -0.39 is 0 Å². The molecule has 1 aromatic carbocycles. The Bertz CT molecular complexity index is 468. The first-order valence-electron chi connectivity index (χ1n) is 5.43. The molecule has 2 aromatic rings. The number of aromatic nitrogens is 1. The van der Waals surface area contributed by atoms with Crippen LogP contribution in [0.15, 0.2) is 54.9 Å². The van der Waals surface area contributed by atoms with Gasteiger partial charge in [-0.15, -0.1) is 0 Å². The van der Waals surface area contributed by atoms with Crippen molar-refractivity contribution in [2.45, 2.75) is 13.0 Å². The third-order valence-corrected chi connectivity index (χ3v) is 2.31. The van der Waals surface area contributed by atoms with Gasteiger partial charge in [0.15, 0.2) is 0 Å². The minimum absolute atomic E-state index is 0.222. The molecule has 0 unspecified atom stereocenters. The lowest BCUT2D eigenvalue weighted by Gasteiger charge is -2.04. The van der Waals surface area contributed by atoms with Gasteiger partial charge in [-0.05, 0) is 11.6 Å². The van der Waals surface area contributed by atoms with Gasteiger partial charge in [0.25, 0.3) is 0 Å². The van der Waals surface area contributed by atoms with Gasteiger partial charge in [-0.2, -0.15) is 0 Å². The monoisotopic (exact) mass is 227 g/mol. The molecule has 0 fully saturated rings. The lowest BCUT2D eigenvalue weighted by atomic mass is 10.2. The average Bonchev–Trinajstić information content (AvgIpc) is 2.39. The first-order chi connectivity index (χ1) is 8.34. The van der Waals surface area contributed by atoms with Gasteiger partial charge in [0.1, 0.15) is 6.61 Å². The SMILES string of the molecule is O=C(Cc1ccccc1)OCc1cccnc1. The number of hydrogen-bond donors (Lipinski definition) is 0. The second-order valence-corrected chi connectivity index (χ2v) is 3.68. The second-order valence-electron chi connectivity index (χ2n) is 3.68. The van der Waals surface area contributed by atoms with E-state index in [4.69, 9.17) is 4.74 Å². The van der Waals surface area contributed by atoms with E-state index in [2.05, 4.69) is 4.98 Å². The molecule has 0 aliphatic rings. The molecular weight excluding hydrogens is 214 g/mol. The molecule has 0 amide bonds. The largest absolute Gasteiger partial charge is 0.460 e. The highest BCUT2D eigenvalue weighted by atomic mass is 16.5. The Balaban J connectivity index is 1.83. The third-order valence-electron chi connectivity index (χ3n) is 2.31. The Morgan fingerprint density at radius 1 is 1.06 bits per heavy atom. The summed E-state index contributed by atoms with van der Waals surface area (Å²) >= 11 is 0. The summed E-state index contributed by atoms with van der Waals surface area (Å²) in [5.74, 6) is -0.222. The summed E-state index contributed by atoms with van der Waals surface area (Å²) in [6, 6.07) is 13.2. The molecular formula is C14H13NO2. The molecule has 1 heterocycles. The quantitative estimate of drug-likeness (QED) is 0.753. The van der Waals surface area contributed by atoms with Crippen LogP contribution in [0.3, 0.4) is 0 Å². The summed E-state index contributed by atoms with van der Waals surface area (Å²) in [4.78, 5) is 15.5. The second kappa shape index (κ2) is 5.80. The van der Waals surface area contributed by atoms with Gasteiger partial charge in [-0.3, -0.25) is 9.78 Å². The fraction of sp³-hybridized carbons (Fsp3) is 0.143. The summed E-state index contributed by atoms with van der Waals surface area (Å²) in [5.41, 5.74) is 1.86. The van der Waals surface area contributed by atoms with Gasteiger partial charge in [0.05, 0.1) is 6.42 Å². The maximum atomic E-state index is 11.5. The first-order valence-corrected chi connectivity index (χ1v) is 5.43. The molecule has 0 spiro atoms. The van der Waals surface area contributed by atoms with Crippen LogP contribution >= 0.6 is 0 Å². The number of esters is 1. The molecule has 3 nitrogen and oxygen atoms in total. The fourth-order valence-corrected chi connectivity index (χ4v) is 1.46. The van der Waals surface area contributed by atoms with Crippen LogP contribution in [0.2, 0.25) is 0 Å². The van der Waals surface area contributed by atoms with Crippen LogP contribution in [-0.4, -0.2) is 11.0 Å². The van der Waals surface area contributed by atoms with Crippen molar-refractivity contribution < 1.29 is 9.53 Å². The number of pyridine rings is 1. The van der Waals surface area contributed by atoms with Crippen molar-refractivity contribution in [3.8, 4) is 0 Å². The molecule has 0 saturated heterocycles. The normalized spacial score (nSPS) is 9.88. The third kappa shape index (κ3) is 3.72. The Morgan fingerprint density at radius 3 is 2.53 bits per heavy atom. The van der Waals surface area contributed by atoms with Crippen LogP contribution in [-0.2, 0) is 22.6 Å². The van der Waals surface area contributed by atoms with Crippen molar-refractivity contribution in [3.63, 3.8) is 0 Å². The molecule has 0 saturated carbocycles. The van der Waals surface area contributed by atoms with E-state index in [1.54, 1.807) is 12.4 Å². The number of ether oxygens (including phenoxy) is 1. The summed E-state index contributed by atoms with van der Waals surface area (Å²) in [6.07, 6.45) is 3.69. The van der Waals surface area contributed by atoms with Crippen molar-refractivity contribution in [2.24, 2.45) is 0 Å². The Morgan fingerprint density at radius 2 is 1.82 bits per heavy atom. The van der Waals surface area contributed by atoms with Crippen LogP contribution in [0.25, 0.3) is 0 Å². The molecule has 0 N–H and O–H groups in total. The lowest BCUT2D eigenvalue weighted by Crippen LogP contribution is -2.07. The molecule has 1 aromatic heterocycles. The van der Waals surface area contributed by atoms with E-state index in [0.717, 1.165) is 11.1 Å². The van der Waals surface area contributed by atoms with E-state index in [1.807, 2.05) is 42.5 Å². The van der Waals surface area contributed by atoms with E-state index in [9.17, 15) is 4.79 Å². The van der Waals surface area contributed by atoms with Gasteiger partial charge in [-0.1, -0.05) is 36.4 Å². The first kappa shape index (κ1) is 11.3. The number of carbonyl (C=O) groups is 1. The van der Waals surface area contributed by atoms with Gasteiger partial charge >= 0.3 is 5.97 Å². The molecule has 0 aliphatic heterocycles. The number of hydrogen-bond acceptors (Lipinski definition) is 3. The van der Waals surface area contributed by atoms with Crippen LogP contribution in [0.5, 0.6) is 0 Å². The van der Waals surface area contributed by atoms with Gasteiger partial charge in [0, 0.05) is 18.0 Å². The number of benzene rings is 1. The molecule has 17 heavy (non-hydrogen) atoms. The molecule has 0 atom stereocenters. The molecule has 0 bridgehead atoms. The summed E-state index contributed by atoms with van der Waals surface area (Å²) in [5, 5.41) is 0. The van der Waals surface area contributed by atoms with Crippen LogP contribution in [0.1, 0.15) is 11.1 Å². The molecule has 3 heteroatoms. The average molecular weight is 227 g/mol. The maximum Gasteiger partial charge on any atom is 0.310 e. The van der Waals surface area contributed by atoms with Gasteiger partial charge in [0.2, 0.25) is 0 Å². The van der Waals surface area contributed by atoms with Crippen LogP contribution in [0, 0.1) is 0 Å². The van der Waals surface area contributed by atoms with Crippen molar-refractivity contribution in [1.82, 2.24) is 4.98 Å². The smallest absolute Gasteiger partial charge is 0.310 e. The van der Waals surface area contributed by atoms with Crippen molar-refractivity contribution in [3.05, 3.63) is 66.0 Å². The number of nitrogens with zero attached hydrogens (tertiary/aromatic N) is 1. The van der Waals surface area contributed by atoms with E-state index in [-0.39, 0.29) is 12.6 Å². The minimum atomic E-state index is -0.222. The summed E-state index contributed by atoms with van der Waals surface area (Å²) < 4.78 is 5.15. The highest BCUT2D eigenvalue weighted by molar-refractivity contribution is 5.72. The van der Waals surface area contributed by atoms with Gasteiger partial charge < -0.3 is 4.74 Å². The van der Waals surface area contributed by atoms with Crippen LogP contribution < -0.4 is 0 Å². The molecule has 0 aliphatic carbocycles. The zero-order chi connectivity index (χ0) is 11.9. The minimum Gasteiger partial charge on any atom is -0.460 e. The standard InChI is InChI=1S/C14H13NO2/c16-14(9-12-5-2-1-3-6-12)17-11-13-7-4-8-15-10-13/h1-8,10H,9,11H2. The zero-order valence-corrected chi connectivity index (χ0v) is 9.37. The highest BCUT2D eigenvalue weighted by Crippen LogP contribution is 2.03. The zero-order valence-electron chi connectivity index (χ0n) is 9.37. The van der Waals surface area contributed by atoms with Crippen LogP contribution in [0.4, 0.5) is 0 Å². The van der Waals surface area contributed by atoms with E-state index >= 15 is 0 Å². The van der Waals surface area contributed by atoms with E-state index in [1.165, 1.54) is 0 Å². The number of carbonyl (C=O) groups excluding carboxylic acids is 1. The van der Waals surface area contributed by atoms with Gasteiger partial charge in [-0.25, -0.2) is 0 Å². The number of rotatable bonds is 4. The molecule has 0 radical (unpaired) electrons. The summed E-state index contributed by atoms with van der Waals surface area (Å²) in [6.45, 7) is 0.277. The Kier molecular flexibility index (Phi) is 3.86. The fourth-order valence-electron chi connectivity index (χ4n) is 1.46. The predicted molar refractivity (Wildman–Crippen MR) is 64.2 cm³/mol. The van der Waals surface area contributed by atoms with Crippen molar-refractivity contribution in [1.29, 1.82) is 0 Å². The van der Waals surface area contributed by atoms with Crippen molar-refractivity contribution >= 4 is 5.97 Å². The highest BCUT2D eigenvalue weighted by Gasteiger charge is 2.04. The Labute approximate surface area is 100 Å².